The average Bonchev–Trinajstić information content (AvgIpc) is 2.08. The van der Waals surface area contributed by atoms with E-state index in [1.807, 2.05) is 21.1 Å². The Morgan fingerprint density at radius 1 is 1.13 bits per heavy atom. The summed E-state index contributed by atoms with van der Waals surface area (Å²) in [5.41, 5.74) is 0. The number of carboxylic acids is 1. The van der Waals surface area contributed by atoms with Crippen LogP contribution in [0.15, 0.2) is 0 Å². The minimum absolute atomic E-state index is 0.369. The first-order chi connectivity index (χ1) is 6.89. The highest BCUT2D eigenvalue weighted by Crippen LogP contribution is 2.13. The molecule has 1 atom stereocenters. The lowest BCUT2D eigenvalue weighted by molar-refractivity contribution is -0.889. The van der Waals surface area contributed by atoms with Crippen molar-refractivity contribution in [1.29, 1.82) is 0 Å². The molecule has 15 heavy (non-hydrogen) atoms. The van der Waals surface area contributed by atoms with Crippen molar-refractivity contribution in [2.24, 2.45) is 0 Å². The molecule has 0 heterocycles. The molecule has 0 rings (SSSR count). The molecule has 0 N–H and O–H groups in total. The third-order valence-electron chi connectivity index (χ3n) is 2.79. The molecule has 0 aliphatic carbocycles. The molecule has 0 radical (unpaired) electrons. The van der Waals surface area contributed by atoms with E-state index in [4.69, 9.17) is 0 Å². The van der Waals surface area contributed by atoms with Crippen LogP contribution < -0.4 is 5.11 Å². The minimum Gasteiger partial charge on any atom is -0.544 e. The maximum absolute atomic E-state index is 10.9. The fraction of sp³-hybridized carbons (Fsp3) is 0.917. The van der Waals surface area contributed by atoms with Gasteiger partial charge in [-0.2, -0.15) is 0 Å². The Bertz CT molecular complexity index is 185. The molecule has 0 fully saturated rings. The van der Waals surface area contributed by atoms with Gasteiger partial charge in [0, 0.05) is 6.42 Å². The molecule has 0 bridgehead atoms. The molecule has 0 aliphatic heterocycles. The molecule has 0 saturated carbocycles. The normalized spacial score (nSPS) is 13.9. The number of carbonyl (C=O) groups is 1. The van der Waals surface area contributed by atoms with Gasteiger partial charge in [-0.3, -0.25) is 0 Å². The molecule has 3 nitrogen and oxygen atoms in total. The molecule has 3 heteroatoms. The Kier molecular flexibility index (Phi) is 6.57. The lowest BCUT2D eigenvalue weighted by Gasteiger charge is -2.34. The molecule has 0 aromatic heterocycles. The topological polar surface area (TPSA) is 40.1 Å². The Morgan fingerprint density at radius 3 is 2.07 bits per heavy atom. The van der Waals surface area contributed by atoms with Crippen LogP contribution in [0.1, 0.15) is 45.4 Å². The van der Waals surface area contributed by atoms with Crippen molar-refractivity contribution in [2.75, 3.05) is 21.1 Å². The number of carbonyl (C=O) groups excluding carboxylic acids is 1. The van der Waals surface area contributed by atoms with E-state index in [0.717, 1.165) is 19.3 Å². The maximum Gasteiger partial charge on any atom is 0.129 e. The van der Waals surface area contributed by atoms with Gasteiger partial charge in [-0.05, 0) is 6.42 Å². The number of quaternary nitrogens is 1. The first-order valence-electron chi connectivity index (χ1n) is 5.91. The van der Waals surface area contributed by atoms with E-state index in [2.05, 4.69) is 6.92 Å². The van der Waals surface area contributed by atoms with Crippen LogP contribution in [0.4, 0.5) is 0 Å². The first-order valence-corrected chi connectivity index (χ1v) is 5.91. The first kappa shape index (κ1) is 14.4. The van der Waals surface area contributed by atoms with Crippen LogP contribution in [0.5, 0.6) is 0 Å². The fourth-order valence-electron chi connectivity index (χ4n) is 1.76. The van der Waals surface area contributed by atoms with Crippen molar-refractivity contribution in [3.8, 4) is 0 Å². The third kappa shape index (κ3) is 6.50. The summed E-state index contributed by atoms with van der Waals surface area (Å²) in [6.45, 7) is 2.18. The summed E-state index contributed by atoms with van der Waals surface area (Å²) in [6.07, 6.45) is 6.55. The second-order valence-corrected chi connectivity index (χ2v) is 5.15. The Morgan fingerprint density at radius 2 is 1.67 bits per heavy atom. The van der Waals surface area contributed by atoms with Crippen molar-refractivity contribution >= 4 is 5.97 Å². The van der Waals surface area contributed by atoms with E-state index >= 15 is 0 Å². The van der Waals surface area contributed by atoms with E-state index in [-0.39, 0.29) is 6.04 Å². The van der Waals surface area contributed by atoms with Gasteiger partial charge in [0.15, 0.2) is 0 Å². The summed E-state index contributed by atoms with van der Waals surface area (Å²) in [6, 6.07) is -0.369. The van der Waals surface area contributed by atoms with Crippen molar-refractivity contribution in [3.05, 3.63) is 0 Å². The van der Waals surface area contributed by atoms with Crippen LogP contribution in [0.2, 0.25) is 0 Å². The number of nitrogens with zero attached hydrogens (tertiary/aromatic N) is 1. The molecule has 0 aliphatic rings. The fourth-order valence-corrected chi connectivity index (χ4v) is 1.76. The number of carboxylic acid groups (broad SMARTS) is 1. The number of hydrogen-bond donors (Lipinski definition) is 0. The lowest BCUT2D eigenvalue weighted by atomic mass is 10.0. The number of hydrogen-bond acceptors (Lipinski definition) is 2. The van der Waals surface area contributed by atoms with Crippen molar-refractivity contribution in [1.82, 2.24) is 0 Å². The Balaban J connectivity index is 3.84. The smallest absolute Gasteiger partial charge is 0.129 e. The van der Waals surface area contributed by atoms with E-state index in [1.165, 1.54) is 19.3 Å². The number of likely N-dealkylation sites (N-methyl/N-ethyl adjacent to an activating group) is 1. The summed E-state index contributed by atoms with van der Waals surface area (Å²) < 4.78 is 0.454. The van der Waals surface area contributed by atoms with E-state index < -0.39 is 5.97 Å². The lowest BCUT2D eigenvalue weighted by Crippen LogP contribution is -2.54. The van der Waals surface area contributed by atoms with Crippen LogP contribution in [-0.2, 0) is 4.79 Å². The maximum atomic E-state index is 10.9. The van der Waals surface area contributed by atoms with Gasteiger partial charge < -0.3 is 14.4 Å². The minimum atomic E-state index is -0.919. The van der Waals surface area contributed by atoms with Gasteiger partial charge in [0.25, 0.3) is 0 Å². The average molecular weight is 215 g/mol. The van der Waals surface area contributed by atoms with E-state index in [1.54, 1.807) is 0 Å². The quantitative estimate of drug-likeness (QED) is 0.450. The molecule has 0 amide bonds. The van der Waals surface area contributed by atoms with Crippen molar-refractivity contribution in [2.45, 2.75) is 51.5 Å². The van der Waals surface area contributed by atoms with Crippen LogP contribution >= 0.6 is 0 Å². The van der Waals surface area contributed by atoms with Gasteiger partial charge in [0.1, 0.15) is 6.04 Å². The molecule has 0 saturated heterocycles. The zero-order chi connectivity index (χ0) is 11.9. The van der Waals surface area contributed by atoms with Gasteiger partial charge in [-0.1, -0.05) is 32.6 Å². The standard InChI is InChI=1S/C12H25NO2/c1-5-6-7-8-9-10-11(12(14)15)13(2,3)4/h11H,5-10H2,1-4H3. The summed E-state index contributed by atoms with van der Waals surface area (Å²) in [5, 5.41) is 10.9. The summed E-state index contributed by atoms with van der Waals surface area (Å²) in [4.78, 5) is 10.9. The highest BCUT2D eigenvalue weighted by Gasteiger charge is 2.24. The van der Waals surface area contributed by atoms with Gasteiger partial charge in [-0.25, -0.2) is 0 Å². The SMILES string of the molecule is CCCCCCCC(C(=O)[O-])[N+](C)(C)C. The molecule has 0 spiro atoms. The molecular formula is C12H25NO2. The third-order valence-corrected chi connectivity index (χ3v) is 2.79. The molecular weight excluding hydrogens is 190 g/mol. The number of rotatable bonds is 8. The van der Waals surface area contributed by atoms with Crippen LogP contribution in [0, 0.1) is 0 Å². The van der Waals surface area contributed by atoms with Gasteiger partial charge in [-0.15, -0.1) is 0 Å². The van der Waals surface area contributed by atoms with Crippen molar-refractivity contribution in [3.63, 3.8) is 0 Å². The number of aliphatic carboxylic acids is 1. The second kappa shape index (κ2) is 6.83. The summed E-state index contributed by atoms with van der Waals surface area (Å²) >= 11 is 0. The van der Waals surface area contributed by atoms with Gasteiger partial charge >= 0.3 is 0 Å². The second-order valence-electron chi connectivity index (χ2n) is 5.15. The Labute approximate surface area is 93.7 Å². The molecule has 0 aromatic rings. The monoisotopic (exact) mass is 215 g/mol. The molecule has 1 unspecified atom stereocenters. The van der Waals surface area contributed by atoms with E-state index in [9.17, 15) is 9.90 Å². The van der Waals surface area contributed by atoms with Gasteiger partial charge in [0.2, 0.25) is 0 Å². The molecule has 0 aromatic carbocycles. The molecule has 90 valence electrons. The van der Waals surface area contributed by atoms with Crippen LogP contribution in [0.3, 0.4) is 0 Å². The van der Waals surface area contributed by atoms with Crippen LogP contribution in [-0.4, -0.2) is 37.6 Å². The van der Waals surface area contributed by atoms with Crippen molar-refractivity contribution < 1.29 is 14.4 Å². The number of unbranched alkanes of at least 4 members (excludes halogenated alkanes) is 4. The van der Waals surface area contributed by atoms with Crippen LogP contribution in [0.25, 0.3) is 0 Å². The highest BCUT2D eigenvalue weighted by atomic mass is 16.4. The zero-order valence-electron chi connectivity index (χ0n) is 10.6. The predicted molar refractivity (Wildman–Crippen MR) is 60.2 cm³/mol. The van der Waals surface area contributed by atoms with Gasteiger partial charge in [0.05, 0.1) is 27.1 Å². The summed E-state index contributed by atoms with van der Waals surface area (Å²) in [7, 11) is 5.73. The summed E-state index contributed by atoms with van der Waals surface area (Å²) in [5.74, 6) is -0.919. The predicted octanol–water partition coefficient (Wildman–Crippen LogP) is 1.17. The van der Waals surface area contributed by atoms with E-state index in [0.29, 0.717) is 4.48 Å². The zero-order valence-corrected chi connectivity index (χ0v) is 10.6. The largest absolute Gasteiger partial charge is 0.544 e. The Hall–Kier alpha value is -0.570. The highest BCUT2D eigenvalue weighted by molar-refractivity contribution is 5.69.